The molecule has 0 saturated heterocycles. The van der Waals surface area contributed by atoms with Gasteiger partial charge in [-0.25, -0.2) is 0 Å². The van der Waals surface area contributed by atoms with Gasteiger partial charge in [-0.1, -0.05) is 25.1 Å². The molecule has 0 aromatic heterocycles. The highest BCUT2D eigenvalue weighted by molar-refractivity contribution is 5.36. The van der Waals surface area contributed by atoms with E-state index in [1.54, 1.807) is 11.1 Å². The molecule has 1 unspecified atom stereocenters. The van der Waals surface area contributed by atoms with Crippen molar-refractivity contribution in [3.63, 3.8) is 0 Å². The number of fused-ring (bicyclic) bond motifs is 1. The van der Waals surface area contributed by atoms with E-state index in [0.717, 1.165) is 13.1 Å². The van der Waals surface area contributed by atoms with Crippen LogP contribution in [-0.2, 0) is 12.8 Å². The summed E-state index contributed by atoms with van der Waals surface area (Å²) in [6.07, 6.45) is 3.87. The summed E-state index contributed by atoms with van der Waals surface area (Å²) < 4.78 is 0. The lowest BCUT2D eigenvalue weighted by Gasteiger charge is -2.18. The molecule has 1 aromatic rings. The minimum atomic E-state index is 0.436. The Morgan fingerprint density at radius 1 is 1.25 bits per heavy atom. The fourth-order valence-electron chi connectivity index (χ4n) is 2.48. The van der Waals surface area contributed by atoms with Crippen molar-refractivity contribution in [2.45, 2.75) is 32.2 Å². The van der Waals surface area contributed by atoms with Gasteiger partial charge in [-0.2, -0.15) is 0 Å². The van der Waals surface area contributed by atoms with Gasteiger partial charge in [0.15, 0.2) is 0 Å². The molecule has 0 bridgehead atoms. The lowest BCUT2D eigenvalue weighted by Crippen LogP contribution is -2.29. The lowest BCUT2D eigenvalue weighted by atomic mass is 10.0. The van der Waals surface area contributed by atoms with Crippen LogP contribution in [0.2, 0.25) is 0 Å². The van der Waals surface area contributed by atoms with Crippen LogP contribution in [-0.4, -0.2) is 20.1 Å². The summed E-state index contributed by atoms with van der Waals surface area (Å²) in [4.78, 5) is 0. The van der Waals surface area contributed by atoms with E-state index in [9.17, 15) is 0 Å². The normalized spacial score (nSPS) is 16.1. The van der Waals surface area contributed by atoms with Gasteiger partial charge in [0.1, 0.15) is 0 Å². The SMILES string of the molecule is CCNCC(NC)c1ccc2c(c1)CCC2. The standard InChI is InChI=1S/C14H22N2/c1-3-16-10-14(15-2)13-8-7-11-5-4-6-12(11)9-13/h7-9,14-16H,3-6,10H2,1-2H3. The van der Waals surface area contributed by atoms with Crippen molar-refractivity contribution in [3.05, 3.63) is 34.9 Å². The van der Waals surface area contributed by atoms with Crippen LogP contribution in [0, 0.1) is 0 Å². The third-order valence-corrected chi connectivity index (χ3v) is 3.47. The number of nitrogens with one attached hydrogen (secondary N) is 2. The third-order valence-electron chi connectivity index (χ3n) is 3.47. The fourth-order valence-corrected chi connectivity index (χ4v) is 2.48. The average Bonchev–Trinajstić information content (AvgIpc) is 2.77. The summed E-state index contributed by atoms with van der Waals surface area (Å²) in [5, 5.41) is 6.78. The van der Waals surface area contributed by atoms with E-state index in [-0.39, 0.29) is 0 Å². The summed E-state index contributed by atoms with van der Waals surface area (Å²) in [5.41, 5.74) is 4.54. The zero-order valence-electron chi connectivity index (χ0n) is 10.3. The van der Waals surface area contributed by atoms with Gasteiger partial charge in [-0.05, 0) is 49.5 Å². The van der Waals surface area contributed by atoms with Crippen molar-refractivity contribution >= 4 is 0 Å². The summed E-state index contributed by atoms with van der Waals surface area (Å²) in [6.45, 7) is 4.18. The minimum absolute atomic E-state index is 0.436. The molecule has 0 saturated carbocycles. The van der Waals surface area contributed by atoms with Crippen LogP contribution >= 0.6 is 0 Å². The molecule has 0 radical (unpaired) electrons. The van der Waals surface area contributed by atoms with Crippen LogP contribution in [0.5, 0.6) is 0 Å². The highest BCUT2D eigenvalue weighted by atomic mass is 15.0. The molecule has 0 amide bonds. The quantitative estimate of drug-likeness (QED) is 0.790. The first-order valence-corrected chi connectivity index (χ1v) is 6.34. The number of likely N-dealkylation sites (N-methyl/N-ethyl adjacent to an activating group) is 2. The molecule has 2 heteroatoms. The molecule has 88 valence electrons. The van der Waals surface area contributed by atoms with Gasteiger partial charge < -0.3 is 10.6 Å². The second-order valence-electron chi connectivity index (χ2n) is 4.53. The van der Waals surface area contributed by atoms with Crippen molar-refractivity contribution in [1.82, 2.24) is 10.6 Å². The van der Waals surface area contributed by atoms with E-state index in [2.05, 4.69) is 35.8 Å². The van der Waals surface area contributed by atoms with Gasteiger partial charge in [-0.15, -0.1) is 0 Å². The van der Waals surface area contributed by atoms with Crippen LogP contribution in [0.3, 0.4) is 0 Å². The van der Waals surface area contributed by atoms with E-state index >= 15 is 0 Å². The molecule has 1 aliphatic rings. The van der Waals surface area contributed by atoms with Crippen molar-refractivity contribution in [2.75, 3.05) is 20.1 Å². The molecule has 16 heavy (non-hydrogen) atoms. The van der Waals surface area contributed by atoms with Crippen LogP contribution < -0.4 is 10.6 Å². The van der Waals surface area contributed by atoms with Crippen molar-refractivity contribution < 1.29 is 0 Å². The Morgan fingerprint density at radius 2 is 2.06 bits per heavy atom. The number of hydrogen-bond acceptors (Lipinski definition) is 2. The largest absolute Gasteiger partial charge is 0.315 e. The highest BCUT2D eigenvalue weighted by Crippen LogP contribution is 2.25. The van der Waals surface area contributed by atoms with E-state index in [0.29, 0.717) is 6.04 Å². The molecule has 2 nitrogen and oxygen atoms in total. The zero-order chi connectivity index (χ0) is 11.4. The van der Waals surface area contributed by atoms with Gasteiger partial charge in [0, 0.05) is 12.6 Å². The summed E-state index contributed by atoms with van der Waals surface area (Å²) in [7, 11) is 2.04. The van der Waals surface area contributed by atoms with Gasteiger partial charge in [0.05, 0.1) is 0 Å². The first-order chi connectivity index (χ1) is 7.85. The van der Waals surface area contributed by atoms with Gasteiger partial charge in [0.2, 0.25) is 0 Å². The molecule has 2 rings (SSSR count). The van der Waals surface area contributed by atoms with E-state index in [4.69, 9.17) is 0 Å². The molecular weight excluding hydrogens is 196 g/mol. The predicted molar refractivity (Wildman–Crippen MR) is 68.8 cm³/mol. The lowest BCUT2D eigenvalue weighted by molar-refractivity contribution is 0.538. The van der Waals surface area contributed by atoms with Crippen LogP contribution in [0.1, 0.15) is 36.1 Å². The molecule has 1 atom stereocenters. The monoisotopic (exact) mass is 218 g/mol. The number of rotatable bonds is 5. The summed E-state index contributed by atoms with van der Waals surface area (Å²) in [5.74, 6) is 0. The predicted octanol–water partition coefficient (Wildman–Crippen LogP) is 2.05. The maximum atomic E-state index is 3.40. The maximum absolute atomic E-state index is 3.40. The molecular formula is C14H22N2. The fraction of sp³-hybridized carbons (Fsp3) is 0.571. The van der Waals surface area contributed by atoms with Gasteiger partial charge in [-0.3, -0.25) is 0 Å². The molecule has 0 spiro atoms. The third kappa shape index (κ3) is 2.45. The Labute approximate surface area is 98.4 Å². The van der Waals surface area contributed by atoms with Gasteiger partial charge in [0.25, 0.3) is 0 Å². The Hall–Kier alpha value is -0.860. The van der Waals surface area contributed by atoms with Crippen LogP contribution in [0.15, 0.2) is 18.2 Å². The number of aryl methyl sites for hydroxylation is 2. The Balaban J connectivity index is 2.12. The van der Waals surface area contributed by atoms with Crippen molar-refractivity contribution in [2.24, 2.45) is 0 Å². The first kappa shape index (κ1) is 11.6. The second kappa shape index (κ2) is 5.46. The van der Waals surface area contributed by atoms with Crippen LogP contribution in [0.4, 0.5) is 0 Å². The van der Waals surface area contributed by atoms with E-state index in [1.165, 1.54) is 24.8 Å². The molecule has 2 N–H and O–H groups in total. The molecule has 1 aliphatic carbocycles. The Bertz CT molecular complexity index is 347. The Kier molecular flexibility index (Phi) is 3.97. The number of hydrogen-bond donors (Lipinski definition) is 2. The Morgan fingerprint density at radius 3 is 2.81 bits per heavy atom. The van der Waals surface area contributed by atoms with Crippen molar-refractivity contribution in [3.8, 4) is 0 Å². The highest BCUT2D eigenvalue weighted by Gasteiger charge is 2.14. The molecule has 0 fully saturated rings. The molecule has 1 aromatic carbocycles. The van der Waals surface area contributed by atoms with Crippen LogP contribution in [0.25, 0.3) is 0 Å². The topological polar surface area (TPSA) is 24.1 Å². The summed E-state index contributed by atoms with van der Waals surface area (Å²) in [6, 6.07) is 7.42. The summed E-state index contributed by atoms with van der Waals surface area (Å²) >= 11 is 0. The van der Waals surface area contributed by atoms with E-state index in [1.807, 2.05) is 7.05 Å². The zero-order valence-corrected chi connectivity index (χ0v) is 10.3. The number of benzene rings is 1. The van der Waals surface area contributed by atoms with Crippen molar-refractivity contribution in [1.29, 1.82) is 0 Å². The second-order valence-corrected chi connectivity index (χ2v) is 4.53. The molecule has 0 heterocycles. The average molecular weight is 218 g/mol. The smallest absolute Gasteiger partial charge is 0.0444 e. The van der Waals surface area contributed by atoms with E-state index < -0.39 is 0 Å². The minimum Gasteiger partial charge on any atom is -0.315 e. The maximum Gasteiger partial charge on any atom is 0.0444 e. The molecule has 0 aliphatic heterocycles. The van der Waals surface area contributed by atoms with Gasteiger partial charge >= 0.3 is 0 Å². The first-order valence-electron chi connectivity index (χ1n) is 6.34.